The number of hydrogen-bond acceptors (Lipinski definition) is 3. The minimum absolute atomic E-state index is 0.0297. The Morgan fingerprint density at radius 3 is 2.63 bits per heavy atom. The molecule has 3 rings (SSSR count). The minimum atomic E-state index is -0.0419. The van der Waals surface area contributed by atoms with Gasteiger partial charge in [-0.25, -0.2) is 0 Å². The number of amides is 1. The Bertz CT molecular complexity index is 861. The summed E-state index contributed by atoms with van der Waals surface area (Å²) in [5, 5.41) is 2.90. The highest BCUT2D eigenvalue weighted by Gasteiger charge is 2.28. The van der Waals surface area contributed by atoms with Crippen molar-refractivity contribution in [2.24, 2.45) is 0 Å². The SMILES string of the molecule is CCCOc1ccc(C#Cc2ccc3c(c2)O[C@H]([C@H](C)NC(C)=O)C3)cc1. The van der Waals surface area contributed by atoms with E-state index in [4.69, 9.17) is 9.47 Å². The van der Waals surface area contributed by atoms with Crippen molar-refractivity contribution in [2.45, 2.75) is 45.8 Å². The third kappa shape index (κ3) is 5.04. The maximum absolute atomic E-state index is 11.2. The number of hydrogen-bond donors (Lipinski definition) is 1. The number of benzene rings is 2. The Morgan fingerprint density at radius 1 is 1.22 bits per heavy atom. The van der Waals surface area contributed by atoms with Crippen molar-refractivity contribution in [3.63, 3.8) is 0 Å². The predicted molar refractivity (Wildman–Crippen MR) is 106 cm³/mol. The molecular weight excluding hydrogens is 338 g/mol. The zero-order valence-corrected chi connectivity index (χ0v) is 16.0. The first-order chi connectivity index (χ1) is 13.0. The van der Waals surface area contributed by atoms with Crippen LogP contribution in [-0.4, -0.2) is 24.7 Å². The largest absolute Gasteiger partial charge is 0.494 e. The summed E-state index contributed by atoms with van der Waals surface area (Å²) in [6, 6.07) is 13.8. The van der Waals surface area contributed by atoms with E-state index in [9.17, 15) is 4.79 Å². The number of rotatable bonds is 5. The second-order valence-corrected chi connectivity index (χ2v) is 6.79. The van der Waals surface area contributed by atoms with Gasteiger partial charge in [0.2, 0.25) is 5.91 Å². The smallest absolute Gasteiger partial charge is 0.217 e. The van der Waals surface area contributed by atoms with Crippen molar-refractivity contribution >= 4 is 5.91 Å². The summed E-state index contributed by atoms with van der Waals surface area (Å²) in [4.78, 5) is 11.2. The number of carbonyl (C=O) groups is 1. The van der Waals surface area contributed by atoms with Gasteiger partial charge < -0.3 is 14.8 Å². The lowest BCUT2D eigenvalue weighted by Gasteiger charge is -2.19. The number of carbonyl (C=O) groups excluding carboxylic acids is 1. The topological polar surface area (TPSA) is 47.6 Å². The van der Waals surface area contributed by atoms with Gasteiger partial charge in [0.05, 0.1) is 12.6 Å². The average Bonchev–Trinajstić information content (AvgIpc) is 3.08. The molecule has 4 nitrogen and oxygen atoms in total. The maximum Gasteiger partial charge on any atom is 0.217 e. The van der Waals surface area contributed by atoms with Crippen molar-refractivity contribution in [3.8, 4) is 23.3 Å². The number of ether oxygens (including phenoxy) is 2. The Labute approximate surface area is 160 Å². The molecule has 0 unspecified atom stereocenters. The quantitative estimate of drug-likeness (QED) is 0.824. The van der Waals surface area contributed by atoms with Crippen LogP contribution in [0, 0.1) is 11.8 Å². The van der Waals surface area contributed by atoms with Crippen LogP contribution in [0.5, 0.6) is 11.5 Å². The molecule has 2 atom stereocenters. The van der Waals surface area contributed by atoms with Crippen molar-refractivity contribution in [1.82, 2.24) is 5.32 Å². The standard InChI is InChI=1S/C23H25NO3/c1-4-13-26-21-11-8-18(9-12-21)5-6-19-7-10-20-15-22(27-23(20)14-19)16(2)24-17(3)25/h7-12,14,16,22H,4,13,15H2,1-3H3,(H,24,25)/t16-,22-/m0/s1. The van der Waals surface area contributed by atoms with E-state index < -0.39 is 0 Å². The molecule has 1 heterocycles. The number of fused-ring (bicyclic) bond motifs is 1. The molecule has 140 valence electrons. The van der Waals surface area contributed by atoms with Gasteiger partial charge in [-0.2, -0.15) is 0 Å². The molecule has 0 saturated heterocycles. The Hall–Kier alpha value is -2.93. The highest BCUT2D eigenvalue weighted by molar-refractivity contribution is 5.73. The van der Waals surface area contributed by atoms with Gasteiger partial charge in [-0.15, -0.1) is 0 Å². The molecule has 4 heteroatoms. The fourth-order valence-corrected chi connectivity index (χ4v) is 3.02. The predicted octanol–water partition coefficient (Wildman–Crippen LogP) is 3.70. The Morgan fingerprint density at radius 2 is 1.93 bits per heavy atom. The van der Waals surface area contributed by atoms with Crippen LogP contribution in [0.25, 0.3) is 0 Å². The van der Waals surface area contributed by atoms with E-state index in [0.29, 0.717) is 0 Å². The monoisotopic (exact) mass is 363 g/mol. The molecule has 1 N–H and O–H groups in total. The average molecular weight is 363 g/mol. The van der Waals surface area contributed by atoms with Crippen LogP contribution < -0.4 is 14.8 Å². The van der Waals surface area contributed by atoms with Crippen LogP contribution >= 0.6 is 0 Å². The molecule has 1 amide bonds. The van der Waals surface area contributed by atoms with E-state index in [1.54, 1.807) is 0 Å². The zero-order chi connectivity index (χ0) is 19.2. The summed E-state index contributed by atoms with van der Waals surface area (Å²) in [5.74, 6) is 8.05. The van der Waals surface area contributed by atoms with Gasteiger partial charge >= 0.3 is 0 Å². The van der Waals surface area contributed by atoms with Gasteiger partial charge in [0.25, 0.3) is 0 Å². The van der Waals surface area contributed by atoms with Gasteiger partial charge in [0, 0.05) is 24.5 Å². The minimum Gasteiger partial charge on any atom is -0.494 e. The van der Waals surface area contributed by atoms with Gasteiger partial charge in [0.15, 0.2) is 0 Å². The van der Waals surface area contributed by atoms with E-state index in [0.717, 1.165) is 47.6 Å². The molecule has 0 aliphatic carbocycles. The lowest BCUT2D eigenvalue weighted by atomic mass is 10.0. The summed E-state index contributed by atoms with van der Waals surface area (Å²) >= 11 is 0. The Balaban J connectivity index is 1.66. The van der Waals surface area contributed by atoms with E-state index in [1.165, 1.54) is 6.92 Å². The van der Waals surface area contributed by atoms with Gasteiger partial charge in [0.1, 0.15) is 17.6 Å². The molecule has 2 aromatic carbocycles. The highest BCUT2D eigenvalue weighted by Crippen LogP contribution is 2.30. The van der Waals surface area contributed by atoms with E-state index in [1.807, 2.05) is 43.3 Å². The molecule has 0 radical (unpaired) electrons. The molecule has 0 fully saturated rings. The fourth-order valence-electron chi connectivity index (χ4n) is 3.02. The van der Waals surface area contributed by atoms with Crippen molar-refractivity contribution < 1.29 is 14.3 Å². The first-order valence-corrected chi connectivity index (χ1v) is 9.36. The van der Waals surface area contributed by atoms with E-state index in [2.05, 4.69) is 30.1 Å². The van der Waals surface area contributed by atoms with Crippen LogP contribution in [0.15, 0.2) is 42.5 Å². The lowest BCUT2D eigenvalue weighted by Crippen LogP contribution is -2.42. The normalized spacial score (nSPS) is 15.7. The molecule has 27 heavy (non-hydrogen) atoms. The van der Waals surface area contributed by atoms with Crippen LogP contribution in [0.2, 0.25) is 0 Å². The van der Waals surface area contributed by atoms with Crippen molar-refractivity contribution in [1.29, 1.82) is 0 Å². The molecule has 0 bridgehead atoms. The molecule has 1 aliphatic rings. The van der Waals surface area contributed by atoms with Gasteiger partial charge in [-0.1, -0.05) is 24.8 Å². The second-order valence-electron chi connectivity index (χ2n) is 6.79. The van der Waals surface area contributed by atoms with Crippen LogP contribution in [-0.2, 0) is 11.2 Å². The summed E-state index contributed by atoms with van der Waals surface area (Å²) in [6.07, 6.45) is 1.75. The summed E-state index contributed by atoms with van der Waals surface area (Å²) in [5.41, 5.74) is 3.01. The Kier molecular flexibility index (Phi) is 6.03. The van der Waals surface area contributed by atoms with E-state index in [-0.39, 0.29) is 18.1 Å². The first-order valence-electron chi connectivity index (χ1n) is 9.36. The molecule has 0 spiro atoms. The zero-order valence-electron chi connectivity index (χ0n) is 16.0. The fraction of sp³-hybridized carbons (Fsp3) is 0.348. The molecule has 0 saturated carbocycles. The second kappa shape index (κ2) is 8.64. The van der Waals surface area contributed by atoms with Crippen LogP contribution in [0.4, 0.5) is 0 Å². The summed E-state index contributed by atoms with van der Waals surface area (Å²) in [7, 11) is 0. The molecule has 1 aliphatic heterocycles. The third-order valence-corrected chi connectivity index (χ3v) is 4.43. The molecular formula is C23H25NO3. The van der Waals surface area contributed by atoms with E-state index >= 15 is 0 Å². The maximum atomic E-state index is 11.2. The van der Waals surface area contributed by atoms with Gasteiger partial charge in [-0.3, -0.25) is 4.79 Å². The molecule has 0 aromatic heterocycles. The van der Waals surface area contributed by atoms with Crippen molar-refractivity contribution in [3.05, 3.63) is 59.2 Å². The summed E-state index contributed by atoms with van der Waals surface area (Å²) < 4.78 is 11.6. The van der Waals surface area contributed by atoms with Crippen molar-refractivity contribution in [2.75, 3.05) is 6.61 Å². The third-order valence-electron chi connectivity index (χ3n) is 4.43. The van der Waals surface area contributed by atoms with Crippen LogP contribution in [0.3, 0.4) is 0 Å². The number of nitrogens with one attached hydrogen (secondary N) is 1. The lowest BCUT2D eigenvalue weighted by molar-refractivity contribution is -0.120. The first kappa shape index (κ1) is 18.8. The summed E-state index contributed by atoms with van der Waals surface area (Å²) in [6.45, 7) is 6.30. The molecule has 2 aromatic rings. The van der Waals surface area contributed by atoms with Gasteiger partial charge in [-0.05, 0) is 55.3 Å². The van der Waals surface area contributed by atoms with Crippen LogP contribution in [0.1, 0.15) is 43.9 Å². The highest BCUT2D eigenvalue weighted by atomic mass is 16.5.